The molecule has 5 nitrogen and oxygen atoms in total. The van der Waals surface area contributed by atoms with Crippen molar-refractivity contribution in [1.29, 1.82) is 0 Å². The van der Waals surface area contributed by atoms with Crippen LogP contribution in [0.4, 0.5) is 0 Å². The number of aromatic nitrogens is 2. The predicted molar refractivity (Wildman–Crippen MR) is 61.4 cm³/mol. The maximum Gasteiger partial charge on any atom is 0.154 e. The summed E-state index contributed by atoms with van der Waals surface area (Å²) in [6.07, 6.45) is 4.01. The van der Waals surface area contributed by atoms with Gasteiger partial charge in [-0.1, -0.05) is 0 Å². The highest BCUT2D eigenvalue weighted by atomic mass is 16.5. The van der Waals surface area contributed by atoms with Crippen molar-refractivity contribution < 1.29 is 9.53 Å². The molecule has 0 fully saturated rings. The highest BCUT2D eigenvalue weighted by Gasteiger charge is 2.07. The first-order valence-corrected chi connectivity index (χ1v) is 5.49. The Morgan fingerprint density at radius 3 is 3.12 bits per heavy atom. The molecule has 0 aliphatic rings. The lowest BCUT2D eigenvalue weighted by molar-refractivity contribution is -0.117. The molecule has 0 radical (unpaired) electrons. The van der Waals surface area contributed by atoms with E-state index < -0.39 is 0 Å². The third-order valence-electron chi connectivity index (χ3n) is 2.30. The van der Waals surface area contributed by atoms with Crippen molar-refractivity contribution >= 4 is 5.78 Å². The van der Waals surface area contributed by atoms with Gasteiger partial charge < -0.3 is 14.6 Å². The minimum atomic E-state index is 0.150. The molecule has 0 saturated carbocycles. The second-order valence-electron chi connectivity index (χ2n) is 3.51. The molecule has 90 valence electrons. The Morgan fingerprint density at radius 2 is 2.44 bits per heavy atom. The second kappa shape index (κ2) is 7.14. The van der Waals surface area contributed by atoms with Gasteiger partial charge in [0.2, 0.25) is 0 Å². The fraction of sp³-hybridized carbons (Fsp3) is 0.636. The summed E-state index contributed by atoms with van der Waals surface area (Å²) in [5.41, 5.74) is 0. The van der Waals surface area contributed by atoms with Crippen molar-refractivity contribution in [3.8, 4) is 0 Å². The number of methoxy groups -OCH3 is 1. The maximum atomic E-state index is 11.6. The Kier molecular flexibility index (Phi) is 5.74. The number of hydrogen-bond donors (Lipinski definition) is 1. The molecular weight excluding hydrogens is 206 g/mol. The molecule has 0 atom stereocenters. The molecule has 1 heterocycles. The van der Waals surface area contributed by atoms with Crippen LogP contribution in [0.2, 0.25) is 0 Å². The van der Waals surface area contributed by atoms with Crippen molar-refractivity contribution in [2.45, 2.75) is 19.9 Å². The Balaban J connectivity index is 2.28. The lowest BCUT2D eigenvalue weighted by Crippen LogP contribution is -2.27. The van der Waals surface area contributed by atoms with Crippen LogP contribution < -0.4 is 5.32 Å². The molecule has 0 aliphatic heterocycles. The average Bonchev–Trinajstić information content (AvgIpc) is 2.71. The first-order valence-electron chi connectivity index (χ1n) is 5.49. The van der Waals surface area contributed by atoms with Crippen LogP contribution in [0.5, 0.6) is 0 Å². The molecule has 1 rings (SSSR count). The van der Waals surface area contributed by atoms with Gasteiger partial charge in [0.05, 0.1) is 19.6 Å². The Labute approximate surface area is 95.8 Å². The van der Waals surface area contributed by atoms with Gasteiger partial charge in [-0.2, -0.15) is 0 Å². The van der Waals surface area contributed by atoms with Crippen LogP contribution in [-0.4, -0.2) is 42.1 Å². The topological polar surface area (TPSA) is 56.2 Å². The molecule has 0 unspecified atom stereocenters. The van der Waals surface area contributed by atoms with Gasteiger partial charge in [-0.3, -0.25) is 4.79 Å². The van der Waals surface area contributed by atoms with Crippen molar-refractivity contribution in [3.05, 3.63) is 18.2 Å². The molecule has 0 saturated heterocycles. The zero-order chi connectivity index (χ0) is 11.8. The van der Waals surface area contributed by atoms with E-state index in [9.17, 15) is 4.79 Å². The Bertz CT molecular complexity index is 323. The van der Waals surface area contributed by atoms with E-state index in [2.05, 4.69) is 10.3 Å². The fourth-order valence-corrected chi connectivity index (χ4v) is 1.44. The van der Waals surface area contributed by atoms with Gasteiger partial charge in [0.15, 0.2) is 5.78 Å². The summed E-state index contributed by atoms with van der Waals surface area (Å²) >= 11 is 0. The molecule has 0 bridgehead atoms. The largest absolute Gasteiger partial charge is 0.383 e. The van der Waals surface area contributed by atoms with Crippen LogP contribution in [0.25, 0.3) is 0 Å². The molecule has 0 aliphatic carbocycles. The quantitative estimate of drug-likeness (QED) is 0.644. The van der Waals surface area contributed by atoms with Crippen LogP contribution in [0.15, 0.2) is 12.4 Å². The molecule has 0 aromatic carbocycles. The monoisotopic (exact) mass is 225 g/mol. The molecule has 16 heavy (non-hydrogen) atoms. The van der Waals surface area contributed by atoms with Gasteiger partial charge in [0.1, 0.15) is 5.82 Å². The number of nitrogens with one attached hydrogen (secondary N) is 1. The molecule has 0 spiro atoms. The van der Waals surface area contributed by atoms with Crippen molar-refractivity contribution in [2.24, 2.45) is 0 Å². The molecular formula is C11H19N3O2. The Hall–Kier alpha value is -1.20. The summed E-state index contributed by atoms with van der Waals surface area (Å²) in [7, 11) is 1.64. The number of nitrogens with zero attached hydrogens (tertiary/aromatic N) is 2. The number of imidazole rings is 1. The van der Waals surface area contributed by atoms with Crippen molar-refractivity contribution in [2.75, 3.05) is 26.8 Å². The summed E-state index contributed by atoms with van der Waals surface area (Å²) in [6, 6.07) is 0. The van der Waals surface area contributed by atoms with Crippen LogP contribution in [-0.2, 0) is 22.5 Å². The summed E-state index contributed by atoms with van der Waals surface area (Å²) in [4.78, 5) is 15.7. The van der Waals surface area contributed by atoms with Gasteiger partial charge in [-0.15, -0.1) is 0 Å². The molecule has 1 N–H and O–H groups in total. The minimum Gasteiger partial charge on any atom is -0.383 e. The second-order valence-corrected chi connectivity index (χ2v) is 3.51. The van der Waals surface area contributed by atoms with Gasteiger partial charge in [-0.05, 0) is 6.92 Å². The SMILES string of the molecule is CCn1ccnc1CC(=O)CNCCOC. The number of aryl methyl sites for hydroxylation is 1. The molecule has 5 heteroatoms. The first kappa shape index (κ1) is 12.9. The van der Waals surface area contributed by atoms with Gasteiger partial charge in [0.25, 0.3) is 0 Å². The van der Waals surface area contributed by atoms with Crippen molar-refractivity contribution in [1.82, 2.24) is 14.9 Å². The van der Waals surface area contributed by atoms with E-state index in [4.69, 9.17) is 4.74 Å². The summed E-state index contributed by atoms with van der Waals surface area (Å²) in [6.45, 7) is 4.58. The van der Waals surface area contributed by atoms with Gasteiger partial charge in [0, 0.05) is 32.6 Å². The minimum absolute atomic E-state index is 0.150. The number of hydrogen-bond acceptors (Lipinski definition) is 4. The van der Waals surface area contributed by atoms with E-state index >= 15 is 0 Å². The smallest absolute Gasteiger partial charge is 0.154 e. The molecule has 1 aromatic heterocycles. The van der Waals surface area contributed by atoms with E-state index in [0.717, 1.165) is 12.4 Å². The van der Waals surface area contributed by atoms with Crippen molar-refractivity contribution in [3.63, 3.8) is 0 Å². The van der Waals surface area contributed by atoms with E-state index in [1.54, 1.807) is 13.3 Å². The average molecular weight is 225 g/mol. The van der Waals surface area contributed by atoms with E-state index in [1.807, 2.05) is 17.7 Å². The third kappa shape index (κ3) is 4.12. The van der Waals surface area contributed by atoms with E-state index in [1.165, 1.54) is 0 Å². The number of carbonyl (C=O) groups is 1. The highest BCUT2D eigenvalue weighted by Crippen LogP contribution is 1.98. The zero-order valence-electron chi connectivity index (χ0n) is 9.90. The number of Topliss-reactive ketones (excluding diaryl/α,β-unsaturated/α-hetero) is 1. The van der Waals surface area contributed by atoms with Crippen LogP contribution in [0.3, 0.4) is 0 Å². The standard InChI is InChI=1S/C11H19N3O2/c1-3-14-6-4-13-11(14)8-10(15)9-12-5-7-16-2/h4,6,12H,3,5,7-9H2,1-2H3. The number of rotatable bonds is 8. The fourth-order valence-electron chi connectivity index (χ4n) is 1.44. The van der Waals surface area contributed by atoms with Crippen LogP contribution in [0.1, 0.15) is 12.7 Å². The van der Waals surface area contributed by atoms with E-state index in [-0.39, 0.29) is 5.78 Å². The number of ketones is 1. The molecule has 1 aromatic rings. The lowest BCUT2D eigenvalue weighted by atomic mass is 10.2. The third-order valence-corrected chi connectivity index (χ3v) is 2.30. The summed E-state index contributed by atoms with van der Waals surface area (Å²) in [5, 5.41) is 3.02. The number of ether oxygens (including phenoxy) is 1. The number of carbonyl (C=O) groups excluding carboxylic acids is 1. The molecule has 0 amide bonds. The lowest BCUT2D eigenvalue weighted by Gasteiger charge is -2.05. The zero-order valence-corrected chi connectivity index (χ0v) is 9.90. The first-order chi connectivity index (χ1) is 7.77. The predicted octanol–water partition coefficient (Wildman–Crippen LogP) is 0.251. The summed E-state index contributed by atoms with van der Waals surface area (Å²) in [5.74, 6) is 0.984. The van der Waals surface area contributed by atoms with E-state index in [0.29, 0.717) is 26.1 Å². The highest BCUT2D eigenvalue weighted by molar-refractivity contribution is 5.82. The van der Waals surface area contributed by atoms with Crippen LogP contribution in [0, 0.1) is 0 Å². The van der Waals surface area contributed by atoms with Crippen LogP contribution >= 0.6 is 0 Å². The van der Waals surface area contributed by atoms with Gasteiger partial charge >= 0.3 is 0 Å². The Morgan fingerprint density at radius 1 is 1.62 bits per heavy atom. The van der Waals surface area contributed by atoms with Gasteiger partial charge in [-0.25, -0.2) is 4.98 Å². The maximum absolute atomic E-state index is 11.6. The summed E-state index contributed by atoms with van der Waals surface area (Å²) < 4.78 is 6.85. The normalized spacial score (nSPS) is 10.6.